The number of benzene rings is 12. The molecule has 1 spiro atoms. The molecular formula is C74H47NS. The van der Waals surface area contributed by atoms with Crippen LogP contribution < -0.4 is 4.90 Å². The van der Waals surface area contributed by atoms with Crippen molar-refractivity contribution in [3.63, 3.8) is 0 Å². The minimum Gasteiger partial charge on any atom is -0.308 e. The monoisotopic (exact) mass is 981 g/mol. The lowest BCUT2D eigenvalue weighted by molar-refractivity contribution is 0.772. The average Bonchev–Trinajstić information content (AvgIpc) is 4.41. The fourth-order valence-electron chi connectivity index (χ4n) is 14.2. The van der Waals surface area contributed by atoms with Crippen LogP contribution in [0.3, 0.4) is 0 Å². The van der Waals surface area contributed by atoms with Gasteiger partial charge < -0.3 is 4.90 Å². The molecule has 2 heteroatoms. The first-order chi connectivity index (χ1) is 37.8. The van der Waals surface area contributed by atoms with Gasteiger partial charge in [-0.15, -0.1) is 11.3 Å². The molecule has 3 aliphatic rings. The Bertz CT molecular complexity index is 4360. The summed E-state index contributed by atoms with van der Waals surface area (Å²) in [6, 6.07) is 107. The summed E-state index contributed by atoms with van der Waals surface area (Å²) >= 11 is 1.89. The van der Waals surface area contributed by atoms with E-state index in [-0.39, 0.29) is 0 Å². The van der Waals surface area contributed by atoms with Gasteiger partial charge in [0.1, 0.15) is 0 Å². The first-order valence-electron chi connectivity index (χ1n) is 26.4. The van der Waals surface area contributed by atoms with E-state index >= 15 is 0 Å². The number of anilines is 3. The second-order valence-electron chi connectivity index (χ2n) is 20.5. The third-order valence-corrected chi connectivity index (χ3v) is 18.2. The molecule has 3 aliphatic carbocycles. The van der Waals surface area contributed by atoms with Crippen LogP contribution in [0.4, 0.5) is 17.1 Å². The van der Waals surface area contributed by atoms with E-state index in [1.807, 2.05) is 11.3 Å². The third-order valence-electron chi connectivity index (χ3n) is 17.0. The minimum atomic E-state index is -0.747. The first kappa shape index (κ1) is 43.1. The Hall–Kier alpha value is -9.34. The Morgan fingerprint density at radius 1 is 0.237 bits per heavy atom. The van der Waals surface area contributed by atoms with Crippen LogP contribution in [0.25, 0.3) is 75.8 Å². The quantitative estimate of drug-likeness (QED) is 0.154. The van der Waals surface area contributed by atoms with Crippen molar-refractivity contribution in [2.75, 3.05) is 4.90 Å². The number of thiophene rings is 1. The van der Waals surface area contributed by atoms with E-state index in [0.717, 1.165) is 17.1 Å². The molecule has 0 N–H and O–H groups in total. The number of hydrogen-bond donors (Lipinski definition) is 0. The Balaban J connectivity index is 1.06. The van der Waals surface area contributed by atoms with Crippen molar-refractivity contribution in [2.45, 2.75) is 10.8 Å². The maximum atomic E-state index is 2.66. The molecule has 13 aromatic rings. The van der Waals surface area contributed by atoms with E-state index in [2.05, 4.69) is 290 Å². The van der Waals surface area contributed by atoms with E-state index in [0.29, 0.717) is 0 Å². The summed E-state index contributed by atoms with van der Waals surface area (Å²) in [6.45, 7) is 0. The minimum absolute atomic E-state index is 0.507. The maximum absolute atomic E-state index is 2.66. The zero-order chi connectivity index (χ0) is 50.0. The Morgan fingerprint density at radius 3 is 1.05 bits per heavy atom. The van der Waals surface area contributed by atoms with Crippen LogP contribution in [-0.2, 0) is 10.8 Å². The summed E-state index contributed by atoms with van der Waals surface area (Å²) in [7, 11) is 0. The molecule has 0 amide bonds. The van der Waals surface area contributed by atoms with Gasteiger partial charge in [-0.1, -0.05) is 261 Å². The Kier molecular flexibility index (Phi) is 9.40. The van der Waals surface area contributed by atoms with Crippen molar-refractivity contribution in [2.24, 2.45) is 0 Å². The molecular weight excluding hydrogens is 935 g/mol. The molecule has 0 unspecified atom stereocenters. The van der Waals surface area contributed by atoms with Crippen LogP contribution in [0.5, 0.6) is 0 Å². The van der Waals surface area contributed by atoms with Gasteiger partial charge in [0.15, 0.2) is 0 Å². The van der Waals surface area contributed by atoms with Crippen LogP contribution in [0.2, 0.25) is 0 Å². The summed E-state index contributed by atoms with van der Waals surface area (Å²) in [5, 5.41) is 2.55. The Morgan fingerprint density at radius 2 is 0.566 bits per heavy atom. The summed E-state index contributed by atoms with van der Waals surface area (Å²) in [4.78, 5) is 2.66. The molecule has 0 atom stereocenters. The van der Waals surface area contributed by atoms with E-state index in [1.54, 1.807) is 0 Å². The molecule has 354 valence electrons. The number of fused-ring (bicyclic) bond motifs is 16. The van der Waals surface area contributed by atoms with E-state index < -0.39 is 10.8 Å². The molecule has 0 radical (unpaired) electrons. The molecule has 12 aromatic carbocycles. The molecule has 0 bridgehead atoms. The van der Waals surface area contributed by atoms with Crippen molar-refractivity contribution in [1.82, 2.24) is 0 Å². The number of nitrogens with zero attached hydrogens (tertiary/aromatic N) is 1. The molecule has 76 heavy (non-hydrogen) atoms. The highest BCUT2D eigenvalue weighted by Crippen LogP contribution is 2.67. The predicted molar refractivity (Wildman–Crippen MR) is 318 cm³/mol. The van der Waals surface area contributed by atoms with Gasteiger partial charge in [-0.3, -0.25) is 0 Å². The van der Waals surface area contributed by atoms with Gasteiger partial charge in [0.05, 0.1) is 32.6 Å². The molecule has 0 fully saturated rings. The lowest BCUT2D eigenvalue weighted by Crippen LogP contribution is -2.30. The van der Waals surface area contributed by atoms with Crippen molar-refractivity contribution in [1.29, 1.82) is 0 Å². The smallest absolute Gasteiger partial charge is 0.0726 e. The summed E-state index contributed by atoms with van der Waals surface area (Å²) < 4.78 is 2.54. The lowest BCUT2D eigenvalue weighted by atomic mass is 9.64. The largest absolute Gasteiger partial charge is 0.308 e. The van der Waals surface area contributed by atoms with E-state index in [4.69, 9.17) is 0 Å². The first-order valence-corrected chi connectivity index (χ1v) is 27.2. The fourth-order valence-corrected chi connectivity index (χ4v) is 15.4. The van der Waals surface area contributed by atoms with Gasteiger partial charge in [-0.05, 0) is 113 Å². The second kappa shape index (κ2) is 16.6. The Labute approximate surface area is 446 Å². The zero-order valence-corrected chi connectivity index (χ0v) is 42.3. The summed E-state index contributed by atoms with van der Waals surface area (Å²) in [6.07, 6.45) is 0. The topological polar surface area (TPSA) is 3.24 Å². The highest BCUT2D eigenvalue weighted by Gasteiger charge is 2.53. The predicted octanol–water partition coefficient (Wildman–Crippen LogP) is 19.6. The van der Waals surface area contributed by atoms with Gasteiger partial charge in [0, 0.05) is 26.6 Å². The molecule has 0 saturated heterocycles. The van der Waals surface area contributed by atoms with Crippen molar-refractivity contribution in [3.8, 4) is 55.6 Å². The highest BCUT2D eigenvalue weighted by molar-refractivity contribution is 7.26. The van der Waals surface area contributed by atoms with Crippen LogP contribution in [0, 0.1) is 0 Å². The normalized spacial score (nSPS) is 13.7. The fraction of sp³-hybridized carbons (Fsp3) is 0.0270. The summed E-state index contributed by atoms with van der Waals surface area (Å²) in [5.74, 6) is 0. The van der Waals surface area contributed by atoms with Crippen molar-refractivity contribution >= 4 is 48.6 Å². The van der Waals surface area contributed by atoms with Crippen molar-refractivity contribution in [3.05, 3.63) is 330 Å². The second-order valence-corrected chi connectivity index (χ2v) is 21.5. The van der Waals surface area contributed by atoms with Gasteiger partial charge >= 0.3 is 0 Å². The number of hydrogen-bond acceptors (Lipinski definition) is 2. The van der Waals surface area contributed by atoms with E-state index in [9.17, 15) is 0 Å². The molecule has 1 nitrogen and oxygen atoms in total. The van der Waals surface area contributed by atoms with Gasteiger partial charge in [0.2, 0.25) is 0 Å². The highest BCUT2D eigenvalue weighted by atomic mass is 32.1. The van der Waals surface area contributed by atoms with Crippen LogP contribution in [0.15, 0.2) is 285 Å². The SMILES string of the molecule is c1ccc(-c2ccccc2C2(c3ccccc3-c3ccccc3)c3ccccc3-c3c(N(c4cccc5c4-c4ccccc4C54c5ccccc5-c5ccccc54)c4cccc5c4sc4ccccc45)cccc32)cc1. The lowest BCUT2D eigenvalue weighted by Gasteiger charge is -2.37. The van der Waals surface area contributed by atoms with Crippen LogP contribution in [-0.4, -0.2) is 0 Å². The number of rotatable bonds is 7. The van der Waals surface area contributed by atoms with Crippen molar-refractivity contribution < 1.29 is 0 Å². The molecule has 0 saturated carbocycles. The average molecular weight is 982 g/mol. The van der Waals surface area contributed by atoms with Crippen LogP contribution >= 0.6 is 11.3 Å². The molecule has 1 aromatic heterocycles. The molecule has 1 heterocycles. The molecule has 16 rings (SSSR count). The summed E-state index contributed by atoms with van der Waals surface area (Å²) in [5.41, 5.74) is 25.0. The standard InChI is InChI=1S/C74H47NS/c1-3-24-48(25-4-1)50-28-7-14-36-58(50)73(59-37-15-8-29-51(59)49-26-5-2-6-27-49)62-40-18-11-33-56(62)70-64(73)42-22-44-66(70)75(68-46-21-35-55-54-32-13-20-47-69(54)76-72(55)68)67-45-23-43-65-71(67)57-34-12-19-41-63(57)74(65)60-38-16-9-30-52(60)53-31-10-17-39-61(53)74/h1-47H. The maximum Gasteiger partial charge on any atom is 0.0726 e. The zero-order valence-electron chi connectivity index (χ0n) is 41.5. The third kappa shape index (κ3) is 5.74. The molecule has 0 aliphatic heterocycles. The van der Waals surface area contributed by atoms with Gasteiger partial charge in [0.25, 0.3) is 0 Å². The van der Waals surface area contributed by atoms with E-state index in [1.165, 1.54) is 120 Å². The van der Waals surface area contributed by atoms with Gasteiger partial charge in [-0.25, -0.2) is 0 Å². The van der Waals surface area contributed by atoms with Gasteiger partial charge in [-0.2, -0.15) is 0 Å². The van der Waals surface area contributed by atoms with Crippen LogP contribution in [0.1, 0.15) is 44.5 Å².